The standard InChI is InChI=1S/C10H14N2O.ClH/c1-7(11)9-3-5-10(6-4-9)12-8(2)13;/h3-7H,11H2,1-2H3,(H,12,13);1H. The number of amides is 1. The van der Waals surface area contributed by atoms with Crippen LogP contribution in [0.15, 0.2) is 24.3 Å². The van der Waals surface area contributed by atoms with Gasteiger partial charge in [0, 0.05) is 18.7 Å². The van der Waals surface area contributed by atoms with E-state index in [0.29, 0.717) is 0 Å². The van der Waals surface area contributed by atoms with Crippen LogP contribution in [0.3, 0.4) is 0 Å². The minimum absolute atomic E-state index is 0. The van der Waals surface area contributed by atoms with Gasteiger partial charge in [0.25, 0.3) is 0 Å². The van der Waals surface area contributed by atoms with E-state index in [0.717, 1.165) is 11.3 Å². The van der Waals surface area contributed by atoms with Gasteiger partial charge in [-0.1, -0.05) is 12.1 Å². The number of hydrogen-bond donors (Lipinski definition) is 2. The molecule has 1 aromatic carbocycles. The van der Waals surface area contributed by atoms with Crippen LogP contribution in [0.2, 0.25) is 0 Å². The molecule has 78 valence electrons. The SMILES string of the molecule is CC(=O)Nc1ccc(C(C)N)cc1.Cl. The van der Waals surface area contributed by atoms with E-state index in [2.05, 4.69) is 5.32 Å². The molecular formula is C10H15ClN2O. The van der Waals surface area contributed by atoms with E-state index in [1.54, 1.807) is 0 Å². The Hall–Kier alpha value is -1.06. The van der Waals surface area contributed by atoms with Crippen LogP contribution >= 0.6 is 12.4 Å². The molecule has 0 aliphatic heterocycles. The number of benzene rings is 1. The second kappa shape index (κ2) is 5.62. The predicted molar refractivity (Wildman–Crippen MR) is 60.6 cm³/mol. The first-order valence-corrected chi connectivity index (χ1v) is 4.22. The summed E-state index contributed by atoms with van der Waals surface area (Å²) in [5.41, 5.74) is 7.54. The molecule has 0 saturated heterocycles. The molecule has 3 N–H and O–H groups in total. The summed E-state index contributed by atoms with van der Waals surface area (Å²) in [7, 11) is 0. The second-order valence-electron chi connectivity index (χ2n) is 3.09. The summed E-state index contributed by atoms with van der Waals surface area (Å²) < 4.78 is 0. The lowest BCUT2D eigenvalue weighted by molar-refractivity contribution is -0.114. The summed E-state index contributed by atoms with van der Waals surface area (Å²) >= 11 is 0. The number of anilines is 1. The Bertz CT molecular complexity index is 295. The van der Waals surface area contributed by atoms with Gasteiger partial charge in [-0.2, -0.15) is 0 Å². The molecule has 0 aromatic heterocycles. The molecule has 4 heteroatoms. The van der Waals surface area contributed by atoms with Crippen molar-refractivity contribution < 1.29 is 4.79 Å². The molecule has 0 spiro atoms. The first-order chi connectivity index (χ1) is 6.09. The largest absolute Gasteiger partial charge is 0.326 e. The summed E-state index contributed by atoms with van der Waals surface area (Å²) in [5, 5.41) is 2.69. The highest BCUT2D eigenvalue weighted by atomic mass is 35.5. The monoisotopic (exact) mass is 214 g/mol. The van der Waals surface area contributed by atoms with Crippen LogP contribution in [-0.4, -0.2) is 5.91 Å². The lowest BCUT2D eigenvalue weighted by atomic mass is 10.1. The highest BCUT2D eigenvalue weighted by Crippen LogP contribution is 2.13. The third kappa shape index (κ3) is 3.77. The predicted octanol–water partition coefficient (Wildman–Crippen LogP) is 2.09. The van der Waals surface area contributed by atoms with E-state index >= 15 is 0 Å². The minimum atomic E-state index is -0.0615. The number of rotatable bonds is 2. The van der Waals surface area contributed by atoms with E-state index < -0.39 is 0 Å². The molecule has 14 heavy (non-hydrogen) atoms. The second-order valence-corrected chi connectivity index (χ2v) is 3.09. The molecule has 1 atom stereocenters. The molecule has 3 nitrogen and oxygen atoms in total. The number of carbonyl (C=O) groups excluding carboxylic acids is 1. The van der Waals surface area contributed by atoms with Gasteiger partial charge in [0.15, 0.2) is 0 Å². The van der Waals surface area contributed by atoms with Gasteiger partial charge >= 0.3 is 0 Å². The zero-order chi connectivity index (χ0) is 9.84. The van der Waals surface area contributed by atoms with E-state index in [9.17, 15) is 4.79 Å². The van der Waals surface area contributed by atoms with Gasteiger partial charge in [-0.25, -0.2) is 0 Å². The maximum atomic E-state index is 10.7. The minimum Gasteiger partial charge on any atom is -0.326 e. The molecule has 0 aliphatic rings. The topological polar surface area (TPSA) is 55.1 Å². The maximum Gasteiger partial charge on any atom is 0.221 e. The van der Waals surface area contributed by atoms with Crippen LogP contribution in [-0.2, 0) is 4.79 Å². The first kappa shape index (κ1) is 12.9. The van der Waals surface area contributed by atoms with Gasteiger partial charge in [-0.05, 0) is 24.6 Å². The number of nitrogens with one attached hydrogen (secondary N) is 1. The average molecular weight is 215 g/mol. The molecule has 1 aromatic rings. The number of nitrogens with two attached hydrogens (primary N) is 1. The third-order valence-electron chi connectivity index (χ3n) is 1.76. The normalized spacial score (nSPS) is 11.4. The van der Waals surface area contributed by atoms with E-state index in [-0.39, 0.29) is 24.4 Å². The van der Waals surface area contributed by atoms with Gasteiger partial charge < -0.3 is 11.1 Å². The Labute approximate surface area is 90.1 Å². The number of hydrogen-bond acceptors (Lipinski definition) is 2. The van der Waals surface area contributed by atoms with Crippen molar-refractivity contribution in [2.75, 3.05) is 5.32 Å². The molecule has 0 heterocycles. The van der Waals surface area contributed by atoms with Crippen LogP contribution in [0, 0.1) is 0 Å². The molecule has 0 saturated carbocycles. The first-order valence-electron chi connectivity index (χ1n) is 4.22. The lowest BCUT2D eigenvalue weighted by Gasteiger charge is -2.06. The molecule has 0 bridgehead atoms. The van der Waals surface area contributed by atoms with Crippen LogP contribution in [0.4, 0.5) is 5.69 Å². The van der Waals surface area contributed by atoms with Gasteiger partial charge in [-0.15, -0.1) is 12.4 Å². The fourth-order valence-corrected chi connectivity index (χ4v) is 1.07. The van der Waals surface area contributed by atoms with Gasteiger partial charge in [0.2, 0.25) is 5.91 Å². The zero-order valence-corrected chi connectivity index (χ0v) is 9.10. The van der Waals surface area contributed by atoms with Gasteiger partial charge in [0.05, 0.1) is 0 Å². The Kier molecular flexibility index (Phi) is 5.20. The summed E-state index contributed by atoms with van der Waals surface area (Å²) in [6, 6.07) is 7.55. The maximum absolute atomic E-state index is 10.7. The Balaban J connectivity index is 0.00000169. The van der Waals surface area contributed by atoms with E-state index in [1.807, 2.05) is 31.2 Å². The van der Waals surface area contributed by atoms with Crippen molar-refractivity contribution in [2.45, 2.75) is 19.9 Å². The van der Waals surface area contributed by atoms with Crippen molar-refractivity contribution in [3.63, 3.8) is 0 Å². The van der Waals surface area contributed by atoms with Gasteiger partial charge in [0.1, 0.15) is 0 Å². The summed E-state index contributed by atoms with van der Waals surface area (Å²) in [5.74, 6) is -0.0615. The smallest absolute Gasteiger partial charge is 0.221 e. The lowest BCUT2D eigenvalue weighted by Crippen LogP contribution is -2.07. The summed E-state index contributed by atoms with van der Waals surface area (Å²) in [4.78, 5) is 10.7. The fraction of sp³-hybridized carbons (Fsp3) is 0.300. The molecule has 1 amide bonds. The highest BCUT2D eigenvalue weighted by molar-refractivity contribution is 5.88. The fourth-order valence-electron chi connectivity index (χ4n) is 1.07. The van der Waals surface area contributed by atoms with Crippen LogP contribution in [0.1, 0.15) is 25.5 Å². The van der Waals surface area contributed by atoms with Crippen LogP contribution in [0.25, 0.3) is 0 Å². The zero-order valence-electron chi connectivity index (χ0n) is 8.28. The number of halogens is 1. The van der Waals surface area contributed by atoms with E-state index in [4.69, 9.17) is 5.73 Å². The van der Waals surface area contributed by atoms with Crippen molar-refractivity contribution in [2.24, 2.45) is 5.73 Å². The Morgan fingerprint density at radius 3 is 2.21 bits per heavy atom. The molecular weight excluding hydrogens is 200 g/mol. The third-order valence-corrected chi connectivity index (χ3v) is 1.76. The summed E-state index contributed by atoms with van der Waals surface area (Å²) in [6.07, 6.45) is 0. The Morgan fingerprint density at radius 2 is 1.86 bits per heavy atom. The molecule has 0 radical (unpaired) electrons. The highest BCUT2D eigenvalue weighted by Gasteiger charge is 1.99. The van der Waals surface area contributed by atoms with Crippen molar-refractivity contribution in [3.8, 4) is 0 Å². The van der Waals surface area contributed by atoms with Crippen molar-refractivity contribution >= 4 is 24.0 Å². The summed E-state index contributed by atoms with van der Waals surface area (Å²) in [6.45, 7) is 3.41. The molecule has 1 unspecified atom stereocenters. The average Bonchev–Trinajstić information content (AvgIpc) is 2.04. The quantitative estimate of drug-likeness (QED) is 0.792. The van der Waals surface area contributed by atoms with Gasteiger partial charge in [-0.3, -0.25) is 4.79 Å². The van der Waals surface area contributed by atoms with Crippen molar-refractivity contribution in [3.05, 3.63) is 29.8 Å². The Morgan fingerprint density at radius 1 is 1.36 bits per heavy atom. The van der Waals surface area contributed by atoms with Crippen LogP contribution < -0.4 is 11.1 Å². The van der Waals surface area contributed by atoms with E-state index in [1.165, 1.54) is 6.92 Å². The van der Waals surface area contributed by atoms with Crippen molar-refractivity contribution in [1.82, 2.24) is 0 Å². The molecule has 0 aliphatic carbocycles. The molecule has 1 rings (SSSR count). The van der Waals surface area contributed by atoms with Crippen molar-refractivity contribution in [1.29, 1.82) is 0 Å². The molecule has 0 fully saturated rings. The van der Waals surface area contributed by atoms with Crippen LogP contribution in [0.5, 0.6) is 0 Å². The number of carbonyl (C=O) groups is 1.